The third kappa shape index (κ3) is 5.45. The molecule has 0 aromatic heterocycles. The lowest BCUT2D eigenvalue weighted by Crippen LogP contribution is -2.24. The average Bonchev–Trinajstić information content (AvgIpc) is 2.70. The van der Waals surface area contributed by atoms with Gasteiger partial charge in [-0.1, -0.05) is 97.1 Å². The Balaban J connectivity index is 1.79. The van der Waals surface area contributed by atoms with Crippen molar-refractivity contribution in [3.8, 4) is 0 Å². The Morgan fingerprint density at radius 1 is 0.769 bits per heavy atom. The highest BCUT2D eigenvalue weighted by molar-refractivity contribution is 5.96. The molecule has 2 heteroatoms. The summed E-state index contributed by atoms with van der Waals surface area (Å²) in [4.78, 5) is 7.05. The molecular formula is C24H24N2. The SMILES string of the molecule is CN(Cc1ccccc1)C(/C=C/c1ccccc1)=NCc1ccccc1. The predicted octanol–water partition coefficient (Wildman–Crippen LogP) is 5.43. The van der Waals surface area contributed by atoms with Gasteiger partial charge in [0.05, 0.1) is 6.54 Å². The van der Waals surface area contributed by atoms with Crippen LogP contribution in [-0.4, -0.2) is 17.8 Å². The summed E-state index contributed by atoms with van der Waals surface area (Å²) < 4.78 is 0. The lowest BCUT2D eigenvalue weighted by Gasteiger charge is -2.19. The largest absolute Gasteiger partial charge is 0.356 e. The van der Waals surface area contributed by atoms with Crippen molar-refractivity contribution in [2.24, 2.45) is 4.99 Å². The third-order valence-corrected chi connectivity index (χ3v) is 4.14. The van der Waals surface area contributed by atoms with Gasteiger partial charge in [-0.2, -0.15) is 0 Å². The van der Waals surface area contributed by atoms with E-state index in [0.717, 1.165) is 12.4 Å². The summed E-state index contributed by atoms with van der Waals surface area (Å²) in [5, 5.41) is 0. The van der Waals surface area contributed by atoms with E-state index in [-0.39, 0.29) is 0 Å². The van der Waals surface area contributed by atoms with Gasteiger partial charge in [-0.25, -0.2) is 0 Å². The number of rotatable bonds is 6. The van der Waals surface area contributed by atoms with E-state index in [0.29, 0.717) is 6.54 Å². The van der Waals surface area contributed by atoms with Gasteiger partial charge < -0.3 is 4.90 Å². The first-order valence-corrected chi connectivity index (χ1v) is 8.88. The second-order valence-electron chi connectivity index (χ2n) is 6.25. The van der Waals surface area contributed by atoms with Crippen LogP contribution >= 0.6 is 0 Å². The highest BCUT2D eigenvalue weighted by atomic mass is 15.2. The molecule has 0 aliphatic rings. The van der Waals surface area contributed by atoms with Crippen LogP contribution in [0.25, 0.3) is 6.08 Å². The Morgan fingerprint density at radius 2 is 1.31 bits per heavy atom. The second-order valence-corrected chi connectivity index (χ2v) is 6.25. The van der Waals surface area contributed by atoms with Crippen LogP contribution in [-0.2, 0) is 13.1 Å². The van der Waals surface area contributed by atoms with Gasteiger partial charge >= 0.3 is 0 Å². The molecule has 2 nitrogen and oxygen atoms in total. The van der Waals surface area contributed by atoms with E-state index in [9.17, 15) is 0 Å². The smallest absolute Gasteiger partial charge is 0.123 e. The Bertz CT molecular complexity index is 837. The van der Waals surface area contributed by atoms with E-state index in [2.05, 4.69) is 84.8 Å². The van der Waals surface area contributed by atoms with E-state index >= 15 is 0 Å². The molecule has 0 aliphatic carbocycles. The lowest BCUT2D eigenvalue weighted by atomic mass is 10.2. The van der Waals surface area contributed by atoms with Crippen LogP contribution in [0.15, 0.2) is 102 Å². The zero-order chi connectivity index (χ0) is 18.0. The standard InChI is InChI=1S/C24H24N2/c1-26(20-23-15-9-4-10-16-23)24(18-17-21-11-5-2-6-12-21)25-19-22-13-7-3-8-14-22/h2-18H,19-20H2,1H3/b18-17+,25-24?. The second kappa shape index (κ2) is 9.38. The van der Waals surface area contributed by atoms with Crippen LogP contribution in [0.1, 0.15) is 16.7 Å². The van der Waals surface area contributed by atoms with Gasteiger partial charge in [0.15, 0.2) is 0 Å². The lowest BCUT2D eigenvalue weighted by molar-refractivity contribution is 0.501. The molecule has 26 heavy (non-hydrogen) atoms. The zero-order valence-corrected chi connectivity index (χ0v) is 15.1. The first-order valence-electron chi connectivity index (χ1n) is 8.88. The summed E-state index contributed by atoms with van der Waals surface area (Å²) in [7, 11) is 2.09. The molecule has 0 radical (unpaired) electrons. The van der Waals surface area contributed by atoms with E-state index in [1.54, 1.807) is 0 Å². The summed E-state index contributed by atoms with van der Waals surface area (Å²) >= 11 is 0. The van der Waals surface area contributed by atoms with Gasteiger partial charge in [-0.3, -0.25) is 4.99 Å². The number of amidine groups is 1. The minimum absolute atomic E-state index is 0.675. The molecule has 3 rings (SSSR count). The molecule has 3 aromatic carbocycles. The van der Waals surface area contributed by atoms with Crippen molar-refractivity contribution in [2.45, 2.75) is 13.1 Å². The molecule has 0 saturated heterocycles. The van der Waals surface area contributed by atoms with E-state index < -0.39 is 0 Å². The number of nitrogens with zero attached hydrogens (tertiary/aromatic N) is 2. The quantitative estimate of drug-likeness (QED) is 0.431. The summed E-state index contributed by atoms with van der Waals surface area (Å²) in [5.74, 6) is 0.974. The van der Waals surface area contributed by atoms with Gasteiger partial charge in [0.1, 0.15) is 5.84 Å². The maximum absolute atomic E-state index is 4.86. The minimum Gasteiger partial charge on any atom is -0.356 e. The fourth-order valence-corrected chi connectivity index (χ4v) is 2.73. The van der Waals surface area contributed by atoms with Crippen LogP contribution in [0, 0.1) is 0 Å². The number of hydrogen-bond donors (Lipinski definition) is 0. The fraction of sp³-hybridized carbons (Fsp3) is 0.125. The van der Waals surface area contributed by atoms with Gasteiger partial charge in [0.25, 0.3) is 0 Å². The van der Waals surface area contributed by atoms with Crippen molar-refractivity contribution in [3.63, 3.8) is 0 Å². The van der Waals surface area contributed by atoms with Gasteiger partial charge in [-0.15, -0.1) is 0 Å². The first kappa shape index (κ1) is 17.7. The molecule has 0 heterocycles. The maximum atomic E-state index is 4.86. The molecule has 0 fully saturated rings. The van der Waals surface area contributed by atoms with Crippen LogP contribution in [0.5, 0.6) is 0 Å². The Labute approximate surface area is 156 Å². The van der Waals surface area contributed by atoms with Crippen LogP contribution in [0.3, 0.4) is 0 Å². The number of hydrogen-bond acceptors (Lipinski definition) is 1. The van der Waals surface area contributed by atoms with Crippen molar-refractivity contribution in [2.75, 3.05) is 7.05 Å². The molecule has 3 aromatic rings. The molecule has 0 N–H and O–H groups in total. The van der Waals surface area contributed by atoms with Crippen molar-refractivity contribution in [1.29, 1.82) is 0 Å². The van der Waals surface area contributed by atoms with Gasteiger partial charge in [-0.05, 0) is 22.8 Å². The van der Waals surface area contributed by atoms with Crippen LogP contribution in [0.4, 0.5) is 0 Å². The molecule has 0 atom stereocenters. The van der Waals surface area contributed by atoms with E-state index in [1.807, 2.05) is 30.3 Å². The minimum atomic E-state index is 0.675. The molecule has 0 aliphatic heterocycles. The van der Waals surface area contributed by atoms with Crippen molar-refractivity contribution >= 4 is 11.9 Å². The molecule has 0 bridgehead atoms. The van der Waals surface area contributed by atoms with Gasteiger partial charge in [0, 0.05) is 13.6 Å². The summed E-state index contributed by atoms with van der Waals surface area (Å²) in [5.41, 5.74) is 3.66. The maximum Gasteiger partial charge on any atom is 0.123 e. The van der Waals surface area contributed by atoms with Crippen molar-refractivity contribution in [1.82, 2.24) is 4.90 Å². The average molecular weight is 340 g/mol. The first-order chi connectivity index (χ1) is 12.8. The van der Waals surface area contributed by atoms with E-state index in [4.69, 9.17) is 4.99 Å². The van der Waals surface area contributed by atoms with Crippen molar-refractivity contribution in [3.05, 3.63) is 114 Å². The van der Waals surface area contributed by atoms with E-state index in [1.165, 1.54) is 16.7 Å². The van der Waals surface area contributed by atoms with Crippen LogP contribution < -0.4 is 0 Å². The van der Waals surface area contributed by atoms with Crippen LogP contribution in [0.2, 0.25) is 0 Å². The summed E-state index contributed by atoms with van der Waals surface area (Å²) in [6.45, 7) is 1.50. The highest BCUT2D eigenvalue weighted by Crippen LogP contribution is 2.08. The van der Waals surface area contributed by atoms with Crippen molar-refractivity contribution < 1.29 is 0 Å². The van der Waals surface area contributed by atoms with Gasteiger partial charge in [0.2, 0.25) is 0 Å². The Hall–Kier alpha value is -3.13. The summed E-state index contributed by atoms with van der Waals surface area (Å²) in [6, 6.07) is 31.2. The molecule has 0 amide bonds. The normalized spacial score (nSPS) is 11.7. The Morgan fingerprint density at radius 3 is 1.92 bits per heavy atom. The monoisotopic (exact) mass is 340 g/mol. The predicted molar refractivity (Wildman–Crippen MR) is 111 cm³/mol. The third-order valence-electron chi connectivity index (χ3n) is 4.14. The molecule has 0 spiro atoms. The number of likely N-dealkylation sites (N-methyl/N-ethyl adjacent to an activating group) is 1. The molecular weight excluding hydrogens is 316 g/mol. The fourth-order valence-electron chi connectivity index (χ4n) is 2.73. The number of aliphatic imine (C=N–C) groups is 1. The highest BCUT2D eigenvalue weighted by Gasteiger charge is 2.04. The summed E-state index contributed by atoms with van der Waals surface area (Å²) in [6.07, 6.45) is 4.21. The zero-order valence-electron chi connectivity index (χ0n) is 15.1. The molecule has 130 valence electrons. The number of benzene rings is 3. The topological polar surface area (TPSA) is 15.6 Å². The molecule has 0 saturated carbocycles. The molecule has 0 unspecified atom stereocenters. The Kier molecular flexibility index (Phi) is 6.38.